The monoisotopic (exact) mass is 336 g/mol. The predicted octanol–water partition coefficient (Wildman–Crippen LogP) is 2.80. The molecule has 4 nitrogen and oxygen atoms in total. The Kier molecular flexibility index (Phi) is 5.38. The van der Waals surface area contributed by atoms with Gasteiger partial charge in [0.05, 0.1) is 15.1 Å². The third-order valence-electron chi connectivity index (χ3n) is 3.18. The van der Waals surface area contributed by atoms with Gasteiger partial charge in [0.15, 0.2) is 6.61 Å². The molecule has 0 aliphatic carbocycles. The van der Waals surface area contributed by atoms with Crippen LogP contribution in [0.25, 0.3) is 0 Å². The van der Waals surface area contributed by atoms with Gasteiger partial charge in [0.1, 0.15) is 5.75 Å². The number of nitrogens with zero attached hydrogens (tertiary/aromatic N) is 2. The Bertz CT molecular complexity index is 503. The number of ether oxygens (including phenoxy) is 1. The van der Waals surface area contributed by atoms with Gasteiger partial charge in [0.2, 0.25) is 0 Å². The molecular weight excluding hydrogens is 323 g/mol. The van der Waals surface area contributed by atoms with Crippen molar-refractivity contribution < 1.29 is 9.53 Å². The lowest BCUT2D eigenvalue weighted by atomic mass is 10.3. The molecular formula is C13H15Cl3N2O2. The molecule has 1 aliphatic rings. The first-order chi connectivity index (χ1) is 9.47. The molecule has 0 unspecified atom stereocenters. The Morgan fingerprint density at radius 2 is 1.70 bits per heavy atom. The van der Waals surface area contributed by atoms with Crippen molar-refractivity contribution in [1.29, 1.82) is 0 Å². The maximum absolute atomic E-state index is 12.0. The van der Waals surface area contributed by atoms with Crippen molar-refractivity contribution in [2.45, 2.75) is 0 Å². The summed E-state index contributed by atoms with van der Waals surface area (Å²) in [5.41, 5.74) is 0. The lowest BCUT2D eigenvalue weighted by molar-refractivity contribution is -0.134. The number of benzene rings is 1. The molecule has 20 heavy (non-hydrogen) atoms. The number of hydrogen-bond donors (Lipinski definition) is 0. The van der Waals surface area contributed by atoms with Gasteiger partial charge in [-0.25, -0.2) is 0 Å². The van der Waals surface area contributed by atoms with Crippen molar-refractivity contribution in [3.05, 3.63) is 27.2 Å². The van der Waals surface area contributed by atoms with Crippen molar-refractivity contribution in [3.63, 3.8) is 0 Å². The molecule has 1 saturated heterocycles. The summed E-state index contributed by atoms with van der Waals surface area (Å²) >= 11 is 17.7. The minimum absolute atomic E-state index is 0.0542. The molecule has 7 heteroatoms. The largest absolute Gasteiger partial charge is 0.482 e. The van der Waals surface area contributed by atoms with Crippen LogP contribution in [-0.2, 0) is 4.79 Å². The normalized spacial score (nSPS) is 16.3. The zero-order chi connectivity index (χ0) is 14.7. The fourth-order valence-electron chi connectivity index (χ4n) is 1.90. The van der Waals surface area contributed by atoms with Gasteiger partial charge in [-0.05, 0) is 13.1 Å². The van der Waals surface area contributed by atoms with Crippen LogP contribution in [0.1, 0.15) is 0 Å². The van der Waals surface area contributed by atoms with Gasteiger partial charge in [0.25, 0.3) is 5.91 Å². The van der Waals surface area contributed by atoms with E-state index in [4.69, 9.17) is 39.5 Å². The summed E-state index contributed by atoms with van der Waals surface area (Å²) in [6.45, 7) is 3.13. The molecule has 0 atom stereocenters. The molecule has 1 aromatic rings. The Morgan fingerprint density at radius 3 is 2.35 bits per heavy atom. The Hall–Kier alpha value is -0.680. The molecule has 1 aliphatic heterocycles. The molecule has 0 spiro atoms. The van der Waals surface area contributed by atoms with E-state index in [9.17, 15) is 4.79 Å². The number of hydrogen-bond acceptors (Lipinski definition) is 3. The second-order valence-corrected chi connectivity index (χ2v) is 5.89. The summed E-state index contributed by atoms with van der Waals surface area (Å²) in [5.74, 6) is 0.309. The van der Waals surface area contributed by atoms with Crippen LogP contribution in [0, 0.1) is 0 Å². The van der Waals surface area contributed by atoms with Gasteiger partial charge in [-0.2, -0.15) is 0 Å². The van der Waals surface area contributed by atoms with Crippen molar-refractivity contribution in [3.8, 4) is 5.75 Å². The quantitative estimate of drug-likeness (QED) is 0.795. The van der Waals surface area contributed by atoms with Gasteiger partial charge < -0.3 is 14.5 Å². The van der Waals surface area contributed by atoms with Crippen LogP contribution in [0.3, 0.4) is 0 Å². The number of halogens is 3. The number of carbonyl (C=O) groups excluding carboxylic acids is 1. The van der Waals surface area contributed by atoms with E-state index in [1.807, 2.05) is 7.05 Å². The molecule has 0 bridgehead atoms. The van der Waals surface area contributed by atoms with E-state index in [0.717, 1.165) is 13.1 Å². The third-order valence-corrected chi connectivity index (χ3v) is 4.20. The molecule has 1 heterocycles. The van der Waals surface area contributed by atoms with E-state index >= 15 is 0 Å². The summed E-state index contributed by atoms with van der Waals surface area (Å²) in [6, 6.07) is 3.02. The molecule has 1 fully saturated rings. The first-order valence-corrected chi connectivity index (χ1v) is 7.34. The molecule has 0 aromatic heterocycles. The SMILES string of the molecule is CN1CCN(C(=O)COc2cc(Cl)c(Cl)cc2Cl)CC1. The number of piperazine rings is 1. The first kappa shape index (κ1) is 15.7. The molecule has 0 saturated carbocycles. The van der Waals surface area contributed by atoms with Crippen LogP contribution in [0.15, 0.2) is 12.1 Å². The van der Waals surface area contributed by atoms with Crippen LogP contribution in [0.5, 0.6) is 5.75 Å². The average molecular weight is 338 g/mol. The first-order valence-electron chi connectivity index (χ1n) is 6.21. The summed E-state index contributed by atoms with van der Waals surface area (Å²) in [6.07, 6.45) is 0. The zero-order valence-corrected chi connectivity index (χ0v) is 13.3. The van der Waals surface area contributed by atoms with Gasteiger partial charge >= 0.3 is 0 Å². The van der Waals surface area contributed by atoms with Gasteiger partial charge in [-0.1, -0.05) is 34.8 Å². The van der Waals surface area contributed by atoms with Crippen molar-refractivity contribution in [2.75, 3.05) is 39.8 Å². The van der Waals surface area contributed by atoms with Crippen LogP contribution in [0.2, 0.25) is 15.1 Å². The van der Waals surface area contributed by atoms with Crippen LogP contribution in [-0.4, -0.2) is 55.5 Å². The Morgan fingerprint density at radius 1 is 1.10 bits per heavy atom. The van der Waals surface area contributed by atoms with E-state index in [1.165, 1.54) is 12.1 Å². The van der Waals surface area contributed by atoms with E-state index in [-0.39, 0.29) is 12.5 Å². The smallest absolute Gasteiger partial charge is 0.260 e. The third kappa shape index (κ3) is 3.92. The van der Waals surface area contributed by atoms with Crippen LogP contribution < -0.4 is 4.74 Å². The van der Waals surface area contributed by atoms with Crippen LogP contribution in [0.4, 0.5) is 0 Å². The predicted molar refractivity (Wildman–Crippen MR) is 81.0 cm³/mol. The topological polar surface area (TPSA) is 32.8 Å². The highest BCUT2D eigenvalue weighted by atomic mass is 35.5. The van der Waals surface area contributed by atoms with Gasteiger partial charge in [0, 0.05) is 32.2 Å². The van der Waals surface area contributed by atoms with Gasteiger partial charge in [-0.15, -0.1) is 0 Å². The highest BCUT2D eigenvalue weighted by molar-refractivity contribution is 6.43. The van der Waals surface area contributed by atoms with E-state index < -0.39 is 0 Å². The average Bonchev–Trinajstić information content (AvgIpc) is 2.42. The minimum atomic E-state index is -0.0553. The number of rotatable bonds is 3. The second-order valence-electron chi connectivity index (χ2n) is 4.67. The highest BCUT2D eigenvalue weighted by Gasteiger charge is 2.19. The fourth-order valence-corrected chi connectivity index (χ4v) is 2.49. The van der Waals surface area contributed by atoms with E-state index in [2.05, 4.69) is 4.90 Å². The Balaban J connectivity index is 1.92. The standard InChI is InChI=1S/C13H15Cl3N2O2/c1-17-2-4-18(5-3-17)13(19)8-20-12-7-10(15)9(14)6-11(12)16/h6-7H,2-5,8H2,1H3. The summed E-state index contributed by atoms with van der Waals surface area (Å²) in [4.78, 5) is 16.0. The number of likely N-dealkylation sites (N-methyl/N-ethyl adjacent to an activating group) is 1. The van der Waals surface area contributed by atoms with Crippen molar-refractivity contribution in [2.24, 2.45) is 0 Å². The Labute approximate surface area is 133 Å². The second kappa shape index (κ2) is 6.85. The minimum Gasteiger partial charge on any atom is -0.482 e. The molecule has 110 valence electrons. The highest BCUT2D eigenvalue weighted by Crippen LogP contribution is 2.33. The number of amides is 1. The molecule has 2 rings (SSSR count). The van der Waals surface area contributed by atoms with E-state index in [0.29, 0.717) is 33.9 Å². The van der Waals surface area contributed by atoms with Gasteiger partial charge in [-0.3, -0.25) is 4.79 Å². The lowest BCUT2D eigenvalue weighted by Gasteiger charge is -2.32. The lowest BCUT2D eigenvalue weighted by Crippen LogP contribution is -2.48. The molecule has 1 amide bonds. The maximum Gasteiger partial charge on any atom is 0.260 e. The molecule has 0 N–H and O–H groups in total. The maximum atomic E-state index is 12.0. The van der Waals surface area contributed by atoms with E-state index in [1.54, 1.807) is 4.90 Å². The summed E-state index contributed by atoms with van der Waals surface area (Å²) < 4.78 is 5.43. The molecule has 1 aromatic carbocycles. The van der Waals surface area contributed by atoms with Crippen molar-refractivity contribution in [1.82, 2.24) is 9.80 Å². The number of carbonyl (C=O) groups is 1. The zero-order valence-electron chi connectivity index (χ0n) is 11.0. The van der Waals surface area contributed by atoms with Crippen LogP contribution >= 0.6 is 34.8 Å². The fraction of sp³-hybridized carbons (Fsp3) is 0.462. The summed E-state index contributed by atoms with van der Waals surface area (Å²) in [5, 5.41) is 1.04. The summed E-state index contributed by atoms with van der Waals surface area (Å²) in [7, 11) is 2.04. The molecule has 0 radical (unpaired) electrons. The van der Waals surface area contributed by atoms with Crippen molar-refractivity contribution >= 4 is 40.7 Å².